The smallest absolute Gasteiger partial charge is 0.368 e. The molecule has 0 saturated heterocycles. The van der Waals surface area contributed by atoms with Gasteiger partial charge in [-0.1, -0.05) is 18.2 Å². The lowest BCUT2D eigenvalue weighted by Gasteiger charge is -2.31. The molecule has 2 unspecified atom stereocenters. The van der Waals surface area contributed by atoms with Gasteiger partial charge in [0.05, 0.1) is 0 Å². The van der Waals surface area contributed by atoms with E-state index in [1.807, 2.05) is 4.98 Å². The highest BCUT2D eigenvalue weighted by molar-refractivity contribution is 7.33. The lowest BCUT2D eigenvalue weighted by Crippen LogP contribution is -2.46. The molecule has 0 aliphatic heterocycles. The zero-order chi connectivity index (χ0) is 20.7. The number of benzene rings is 1. The van der Waals surface area contributed by atoms with Crippen LogP contribution in [-0.2, 0) is 13.8 Å². The van der Waals surface area contributed by atoms with Crippen LogP contribution in [0.15, 0.2) is 52.2 Å². The normalized spacial score (nSPS) is 16.7. The lowest BCUT2D eigenvalue weighted by atomic mass is 10.2. The molecule has 2 rings (SSSR count). The van der Waals surface area contributed by atoms with Crippen molar-refractivity contribution in [3.8, 4) is 5.75 Å². The number of aliphatic hydroxyl groups is 1. The second kappa shape index (κ2) is 9.74. The van der Waals surface area contributed by atoms with E-state index in [0.29, 0.717) is 4.57 Å². The number of hydrogen-bond acceptors (Lipinski definition) is 7. The van der Waals surface area contributed by atoms with Gasteiger partial charge in [0.25, 0.3) is 11.4 Å². The summed E-state index contributed by atoms with van der Waals surface area (Å²) in [5, 5.41) is 9.70. The van der Waals surface area contributed by atoms with Crippen molar-refractivity contribution in [3.63, 3.8) is 0 Å². The summed E-state index contributed by atoms with van der Waals surface area (Å²) in [6.07, 6.45) is -2.74. The fourth-order valence-electron chi connectivity index (χ4n) is 2.07. The molecule has 2 aromatic rings. The molecule has 154 valence electrons. The van der Waals surface area contributed by atoms with Gasteiger partial charge in [-0.3, -0.25) is 18.9 Å². The number of rotatable bonds is 10. The van der Waals surface area contributed by atoms with E-state index < -0.39 is 51.0 Å². The van der Waals surface area contributed by atoms with Crippen LogP contribution in [0.2, 0.25) is 0 Å². The first-order valence-electron chi connectivity index (χ1n) is 8.07. The van der Waals surface area contributed by atoms with E-state index in [9.17, 15) is 23.7 Å². The Hall–Kier alpha value is -2.33. The molecule has 0 bridgehead atoms. The number of nitrogens with zero attached hydrogens (tertiary/aromatic N) is 1. The van der Waals surface area contributed by atoms with Crippen LogP contribution in [0.4, 0.5) is 8.78 Å². The van der Waals surface area contributed by atoms with Crippen molar-refractivity contribution in [2.75, 3.05) is 13.3 Å². The third kappa shape index (κ3) is 5.83. The first kappa shape index (κ1) is 22.0. The third-order valence-corrected chi connectivity index (χ3v) is 4.36. The van der Waals surface area contributed by atoms with E-state index in [1.54, 1.807) is 18.2 Å². The number of ether oxygens (including phenoxy) is 1. The second-order valence-corrected chi connectivity index (χ2v) is 6.65. The molecule has 4 atom stereocenters. The van der Waals surface area contributed by atoms with Gasteiger partial charge in [0.2, 0.25) is 0 Å². The molecular weight excluding hydrogens is 401 g/mol. The van der Waals surface area contributed by atoms with Gasteiger partial charge >= 0.3 is 13.9 Å². The summed E-state index contributed by atoms with van der Waals surface area (Å²) in [7, 11) is -3.22. The molecule has 0 spiro atoms. The molecular formula is C16H19F2N2O7P. The first-order valence-corrected chi connectivity index (χ1v) is 9.29. The van der Waals surface area contributed by atoms with Gasteiger partial charge in [-0.05, 0) is 19.1 Å². The van der Waals surface area contributed by atoms with Crippen LogP contribution in [0.3, 0.4) is 0 Å². The molecule has 1 aromatic carbocycles. The zero-order valence-electron chi connectivity index (χ0n) is 14.7. The van der Waals surface area contributed by atoms with E-state index in [2.05, 4.69) is 0 Å². The van der Waals surface area contributed by atoms with Crippen molar-refractivity contribution < 1.29 is 32.2 Å². The molecule has 9 nitrogen and oxygen atoms in total. The van der Waals surface area contributed by atoms with Crippen LogP contribution in [0.1, 0.15) is 13.2 Å². The Labute approximate surface area is 158 Å². The third-order valence-electron chi connectivity index (χ3n) is 3.58. The molecule has 0 radical (unpaired) electrons. The summed E-state index contributed by atoms with van der Waals surface area (Å²) < 4.78 is 55.5. The quantitative estimate of drug-likeness (QED) is 0.560. The number of aromatic amines is 1. The fraction of sp³-hybridized carbons (Fsp3) is 0.375. The molecule has 1 heterocycles. The number of para-hydroxylation sites is 1. The van der Waals surface area contributed by atoms with Gasteiger partial charge in [-0.2, -0.15) is 0 Å². The number of halogens is 2. The fourth-order valence-corrected chi connectivity index (χ4v) is 2.77. The summed E-state index contributed by atoms with van der Waals surface area (Å²) in [6, 6.07) is 8.86. The zero-order valence-corrected chi connectivity index (χ0v) is 15.7. The average Bonchev–Trinajstić information content (AvgIpc) is 2.65. The standard InChI is InChI=1S/C16H19F2N2O7P/c1-11(21)16(18,10-25-28(24)27-12-5-3-2-4-6-12)26-14(9-17)20-8-7-13(22)19-15(20)23/h2-8,11,14,21,28H,9-10H2,1H3,(H,19,22,23)/t11-,14?,16+/m0/s1. The molecule has 0 aliphatic rings. The van der Waals surface area contributed by atoms with Gasteiger partial charge in [0, 0.05) is 12.3 Å². The monoisotopic (exact) mass is 420 g/mol. The topological polar surface area (TPSA) is 120 Å². The molecule has 2 N–H and O–H groups in total. The number of alkyl halides is 2. The van der Waals surface area contributed by atoms with Crippen molar-refractivity contribution in [1.82, 2.24) is 9.55 Å². The second-order valence-electron chi connectivity index (χ2n) is 5.66. The molecule has 0 saturated carbocycles. The Kier molecular flexibility index (Phi) is 7.64. The summed E-state index contributed by atoms with van der Waals surface area (Å²) in [6.45, 7) is -1.42. The first-order chi connectivity index (χ1) is 13.2. The van der Waals surface area contributed by atoms with E-state index in [-0.39, 0.29) is 5.75 Å². The van der Waals surface area contributed by atoms with Crippen LogP contribution in [0, 0.1) is 0 Å². The highest BCUT2D eigenvalue weighted by atomic mass is 31.1. The summed E-state index contributed by atoms with van der Waals surface area (Å²) in [5.41, 5.74) is -1.77. The number of H-pyrrole nitrogens is 1. The molecule has 0 aliphatic carbocycles. The average molecular weight is 420 g/mol. The number of aromatic nitrogens is 2. The summed E-state index contributed by atoms with van der Waals surface area (Å²) >= 11 is 0. The van der Waals surface area contributed by atoms with Gasteiger partial charge in [-0.25, -0.2) is 18.1 Å². The molecule has 0 fully saturated rings. The molecule has 0 amide bonds. The van der Waals surface area contributed by atoms with Gasteiger partial charge in [0.1, 0.15) is 25.1 Å². The van der Waals surface area contributed by atoms with Crippen LogP contribution in [-0.4, -0.2) is 39.9 Å². The van der Waals surface area contributed by atoms with Crippen molar-refractivity contribution in [2.45, 2.75) is 25.1 Å². The Morgan fingerprint density at radius 1 is 1.29 bits per heavy atom. The Balaban J connectivity index is 2.09. The Morgan fingerprint density at radius 3 is 2.54 bits per heavy atom. The predicted octanol–water partition coefficient (Wildman–Crippen LogP) is 1.55. The SMILES string of the molecule is C[C@H](O)[C@@](F)(CO[PH](=O)Oc1ccccc1)OC(CF)n1ccc(=O)[nH]c1=O. The predicted molar refractivity (Wildman–Crippen MR) is 95.0 cm³/mol. The van der Waals surface area contributed by atoms with Gasteiger partial charge in [-0.15, -0.1) is 0 Å². The number of hydrogen-bond donors (Lipinski definition) is 2. The van der Waals surface area contributed by atoms with E-state index in [1.165, 1.54) is 12.1 Å². The van der Waals surface area contributed by atoms with Crippen LogP contribution >= 0.6 is 8.25 Å². The minimum absolute atomic E-state index is 0.218. The van der Waals surface area contributed by atoms with Gasteiger partial charge in [0.15, 0.2) is 6.23 Å². The van der Waals surface area contributed by atoms with E-state index >= 15 is 4.39 Å². The van der Waals surface area contributed by atoms with Crippen molar-refractivity contribution >= 4 is 8.25 Å². The minimum Gasteiger partial charge on any atom is -0.426 e. The summed E-state index contributed by atoms with van der Waals surface area (Å²) in [5.74, 6) is -2.80. The molecule has 1 aromatic heterocycles. The lowest BCUT2D eigenvalue weighted by molar-refractivity contribution is -0.260. The largest absolute Gasteiger partial charge is 0.426 e. The van der Waals surface area contributed by atoms with Crippen molar-refractivity contribution in [3.05, 3.63) is 63.4 Å². The number of nitrogens with one attached hydrogen (secondary N) is 1. The highest BCUT2D eigenvalue weighted by Gasteiger charge is 2.41. The number of aliphatic hydroxyl groups excluding tert-OH is 1. The minimum atomic E-state index is -3.22. The highest BCUT2D eigenvalue weighted by Crippen LogP contribution is 2.32. The van der Waals surface area contributed by atoms with E-state index in [4.69, 9.17) is 13.8 Å². The van der Waals surface area contributed by atoms with Gasteiger partial charge < -0.3 is 14.4 Å². The molecule has 28 heavy (non-hydrogen) atoms. The Morgan fingerprint density at radius 2 is 1.96 bits per heavy atom. The van der Waals surface area contributed by atoms with Crippen LogP contribution in [0.25, 0.3) is 0 Å². The maximum Gasteiger partial charge on any atom is 0.368 e. The van der Waals surface area contributed by atoms with Crippen molar-refractivity contribution in [2.24, 2.45) is 0 Å². The summed E-state index contributed by atoms with van der Waals surface area (Å²) in [4.78, 5) is 24.7. The van der Waals surface area contributed by atoms with Crippen molar-refractivity contribution in [1.29, 1.82) is 0 Å². The maximum absolute atomic E-state index is 15.0. The Bertz CT molecular complexity index is 906. The van der Waals surface area contributed by atoms with E-state index in [0.717, 1.165) is 19.2 Å². The maximum atomic E-state index is 15.0. The molecule has 12 heteroatoms. The van der Waals surface area contributed by atoms with Crippen LogP contribution in [0.5, 0.6) is 5.75 Å². The van der Waals surface area contributed by atoms with Crippen LogP contribution < -0.4 is 15.8 Å².